The van der Waals surface area contributed by atoms with Crippen LogP contribution in [0.2, 0.25) is 0 Å². The fourth-order valence-electron chi connectivity index (χ4n) is 5.77. The van der Waals surface area contributed by atoms with Crippen molar-refractivity contribution in [2.45, 2.75) is 64.2 Å². The molecule has 37 heavy (non-hydrogen) atoms. The first kappa shape index (κ1) is 24.8. The van der Waals surface area contributed by atoms with Crippen LogP contribution >= 0.6 is 0 Å². The Balaban J connectivity index is 1.20. The van der Waals surface area contributed by atoms with E-state index in [1.807, 2.05) is 68.4 Å². The van der Waals surface area contributed by atoms with Gasteiger partial charge in [-0.25, -0.2) is 4.98 Å². The number of hydrogen-bond acceptors (Lipinski definition) is 5. The van der Waals surface area contributed by atoms with Gasteiger partial charge in [-0.2, -0.15) is 0 Å². The number of nitrogens with one attached hydrogen (secondary N) is 2. The molecule has 0 spiro atoms. The molecule has 3 atom stereocenters. The average molecular weight is 499 g/mol. The molecule has 1 aromatic heterocycles. The lowest BCUT2D eigenvalue weighted by Gasteiger charge is -2.40. The number of carbonyl (C=O) groups excluding carboxylic acids is 2. The van der Waals surface area contributed by atoms with Crippen LogP contribution in [-0.2, 0) is 6.54 Å². The number of piperidine rings is 1. The average Bonchev–Trinajstić information content (AvgIpc) is 3.18. The number of ether oxygens (including phenoxy) is 1. The molecule has 0 unspecified atom stereocenters. The minimum absolute atomic E-state index is 0.0477. The van der Waals surface area contributed by atoms with Crippen LogP contribution in [0, 0.1) is 13.8 Å². The Morgan fingerprint density at radius 2 is 1.73 bits per heavy atom. The molecule has 5 rings (SSSR count). The van der Waals surface area contributed by atoms with E-state index in [-0.39, 0.29) is 17.9 Å². The Hall–Kier alpha value is -3.87. The van der Waals surface area contributed by atoms with Crippen molar-refractivity contribution in [2.75, 3.05) is 12.0 Å². The second-order valence-electron chi connectivity index (χ2n) is 10.1. The number of benzene rings is 2. The molecular formula is C30H34N4O3. The monoisotopic (exact) mass is 498 g/mol. The Morgan fingerprint density at radius 3 is 2.41 bits per heavy atom. The van der Waals surface area contributed by atoms with E-state index in [0.717, 1.165) is 53.9 Å². The standard InChI is InChI=1S/C30H34N4O3/c1-19-7-4-5-8-21(19)17-32-29(35)22-11-14-28(31-18-22)34-24-12-13-25(34)16-23(15-24)33-30(36)26-9-6-10-27(37-3)20(26)2/h4-11,14,18,23-25H,12-13,15-17H2,1-3H3,(H,32,35)(H,33,36)/t23-,24+,25-. The number of aromatic nitrogens is 1. The summed E-state index contributed by atoms with van der Waals surface area (Å²) in [6.45, 7) is 4.45. The number of carbonyl (C=O) groups is 2. The van der Waals surface area contributed by atoms with Gasteiger partial charge in [0.15, 0.2) is 0 Å². The van der Waals surface area contributed by atoms with E-state index in [1.54, 1.807) is 13.3 Å². The molecule has 0 saturated carbocycles. The van der Waals surface area contributed by atoms with Gasteiger partial charge >= 0.3 is 0 Å². The van der Waals surface area contributed by atoms with Crippen molar-refractivity contribution >= 4 is 17.6 Å². The maximum Gasteiger partial charge on any atom is 0.253 e. The van der Waals surface area contributed by atoms with Gasteiger partial charge < -0.3 is 20.3 Å². The zero-order valence-corrected chi connectivity index (χ0v) is 21.7. The molecule has 7 nitrogen and oxygen atoms in total. The second kappa shape index (κ2) is 10.6. The third kappa shape index (κ3) is 5.17. The number of amides is 2. The highest BCUT2D eigenvalue weighted by Crippen LogP contribution is 2.38. The van der Waals surface area contributed by atoms with Crippen molar-refractivity contribution in [3.05, 3.63) is 88.6 Å². The molecule has 2 bridgehead atoms. The highest BCUT2D eigenvalue weighted by atomic mass is 16.5. The lowest BCUT2D eigenvalue weighted by Crippen LogP contribution is -2.50. The molecule has 7 heteroatoms. The molecule has 2 aromatic carbocycles. The molecular weight excluding hydrogens is 464 g/mol. The lowest BCUT2D eigenvalue weighted by molar-refractivity contribution is 0.0923. The normalized spacial score (nSPS) is 20.4. The number of hydrogen-bond donors (Lipinski definition) is 2. The highest BCUT2D eigenvalue weighted by molar-refractivity contribution is 5.96. The zero-order chi connectivity index (χ0) is 25.9. The summed E-state index contributed by atoms with van der Waals surface area (Å²) in [5.41, 5.74) is 4.33. The molecule has 2 saturated heterocycles. The van der Waals surface area contributed by atoms with Gasteiger partial charge in [-0.15, -0.1) is 0 Å². The SMILES string of the molecule is COc1cccc(C(=O)N[C@H]2C[C@H]3CC[C@@H](C2)N3c2ccc(C(=O)NCc3ccccc3C)cn2)c1C. The van der Waals surface area contributed by atoms with Crippen molar-refractivity contribution in [1.29, 1.82) is 0 Å². The molecule has 2 aliphatic heterocycles. The Labute approximate surface area is 218 Å². The lowest BCUT2D eigenvalue weighted by atomic mass is 9.96. The molecule has 0 radical (unpaired) electrons. The second-order valence-corrected chi connectivity index (χ2v) is 10.1. The first-order valence-electron chi connectivity index (χ1n) is 13.0. The van der Waals surface area contributed by atoms with Crippen molar-refractivity contribution in [1.82, 2.24) is 15.6 Å². The van der Waals surface area contributed by atoms with E-state index in [9.17, 15) is 9.59 Å². The van der Waals surface area contributed by atoms with E-state index in [0.29, 0.717) is 29.8 Å². The summed E-state index contributed by atoms with van der Waals surface area (Å²) < 4.78 is 5.38. The molecule has 2 amide bonds. The Morgan fingerprint density at radius 1 is 0.973 bits per heavy atom. The van der Waals surface area contributed by atoms with Gasteiger partial charge in [-0.1, -0.05) is 30.3 Å². The van der Waals surface area contributed by atoms with Crippen LogP contribution in [0.3, 0.4) is 0 Å². The highest BCUT2D eigenvalue weighted by Gasteiger charge is 2.42. The Kier molecular flexibility index (Phi) is 7.12. The summed E-state index contributed by atoms with van der Waals surface area (Å²) in [6, 6.07) is 18.2. The van der Waals surface area contributed by atoms with Crippen molar-refractivity contribution in [2.24, 2.45) is 0 Å². The number of pyridine rings is 1. The summed E-state index contributed by atoms with van der Waals surface area (Å²) in [4.78, 5) is 32.7. The molecule has 192 valence electrons. The van der Waals surface area contributed by atoms with Crippen molar-refractivity contribution < 1.29 is 14.3 Å². The number of aryl methyl sites for hydroxylation is 1. The van der Waals surface area contributed by atoms with Gasteiger partial charge in [0.2, 0.25) is 0 Å². The maximum absolute atomic E-state index is 13.0. The van der Waals surface area contributed by atoms with Crippen molar-refractivity contribution in [3.63, 3.8) is 0 Å². The largest absolute Gasteiger partial charge is 0.496 e. The van der Waals surface area contributed by atoms with Crippen LogP contribution in [0.4, 0.5) is 5.82 Å². The van der Waals surface area contributed by atoms with Gasteiger partial charge in [0.1, 0.15) is 11.6 Å². The van der Waals surface area contributed by atoms with E-state index in [2.05, 4.69) is 20.5 Å². The third-order valence-corrected chi connectivity index (χ3v) is 7.79. The molecule has 3 aromatic rings. The van der Waals surface area contributed by atoms with Crippen LogP contribution in [0.5, 0.6) is 5.75 Å². The number of nitrogens with zero attached hydrogens (tertiary/aromatic N) is 2. The van der Waals surface area contributed by atoms with Crippen LogP contribution in [0.15, 0.2) is 60.8 Å². The van der Waals surface area contributed by atoms with Crippen molar-refractivity contribution in [3.8, 4) is 5.75 Å². The summed E-state index contributed by atoms with van der Waals surface area (Å²) in [6.07, 6.45) is 5.59. The summed E-state index contributed by atoms with van der Waals surface area (Å²) in [5.74, 6) is 1.45. The van der Waals surface area contributed by atoms with Gasteiger partial charge in [-0.05, 0) is 74.9 Å². The number of methoxy groups -OCH3 is 1. The summed E-state index contributed by atoms with van der Waals surface area (Å²) in [5, 5.41) is 6.25. The molecule has 3 heterocycles. The summed E-state index contributed by atoms with van der Waals surface area (Å²) >= 11 is 0. The summed E-state index contributed by atoms with van der Waals surface area (Å²) in [7, 11) is 1.62. The van der Waals surface area contributed by atoms with Gasteiger partial charge in [-0.3, -0.25) is 9.59 Å². The smallest absolute Gasteiger partial charge is 0.253 e. The topological polar surface area (TPSA) is 83.6 Å². The van der Waals surface area contributed by atoms with Gasteiger partial charge in [0.25, 0.3) is 11.8 Å². The predicted molar refractivity (Wildman–Crippen MR) is 144 cm³/mol. The van der Waals surface area contributed by atoms with Crippen LogP contribution in [0.1, 0.15) is 63.1 Å². The molecule has 2 fully saturated rings. The number of rotatable bonds is 7. The first-order chi connectivity index (χ1) is 17.9. The van der Waals surface area contributed by atoms with Gasteiger partial charge in [0.05, 0.1) is 12.7 Å². The fourth-order valence-corrected chi connectivity index (χ4v) is 5.77. The fraction of sp³-hybridized carbons (Fsp3) is 0.367. The van der Waals surface area contributed by atoms with Gasteiger partial charge in [0, 0.05) is 42.0 Å². The van der Waals surface area contributed by atoms with E-state index < -0.39 is 0 Å². The third-order valence-electron chi connectivity index (χ3n) is 7.79. The Bertz CT molecular complexity index is 1280. The quantitative estimate of drug-likeness (QED) is 0.499. The van der Waals surface area contributed by atoms with Crippen LogP contribution in [0.25, 0.3) is 0 Å². The first-order valence-corrected chi connectivity index (χ1v) is 13.0. The molecule has 0 aliphatic carbocycles. The van der Waals surface area contributed by atoms with E-state index in [1.165, 1.54) is 0 Å². The minimum atomic E-state index is -0.125. The van der Waals surface area contributed by atoms with Crippen LogP contribution < -0.4 is 20.3 Å². The van der Waals surface area contributed by atoms with E-state index >= 15 is 0 Å². The number of fused-ring (bicyclic) bond motifs is 2. The maximum atomic E-state index is 13.0. The van der Waals surface area contributed by atoms with E-state index in [4.69, 9.17) is 4.74 Å². The minimum Gasteiger partial charge on any atom is -0.496 e. The predicted octanol–water partition coefficient (Wildman–Crippen LogP) is 4.57. The molecule has 2 N–H and O–H groups in total. The zero-order valence-electron chi connectivity index (χ0n) is 21.7. The molecule has 2 aliphatic rings. The van der Waals surface area contributed by atoms with Crippen LogP contribution in [-0.4, -0.2) is 42.0 Å². The number of anilines is 1.